The Hall–Kier alpha value is -1.46. The smallest absolute Gasteiger partial charge is 0.242 e. The summed E-state index contributed by atoms with van der Waals surface area (Å²) in [6.07, 6.45) is 0.564. The van der Waals surface area contributed by atoms with E-state index in [1.165, 1.54) is 0 Å². The van der Waals surface area contributed by atoms with Crippen molar-refractivity contribution in [3.8, 4) is 0 Å². The summed E-state index contributed by atoms with van der Waals surface area (Å²) >= 11 is 24.2. The van der Waals surface area contributed by atoms with Gasteiger partial charge in [0.2, 0.25) is 11.8 Å². The fourth-order valence-corrected chi connectivity index (χ4v) is 3.61. The predicted octanol–water partition coefficient (Wildman–Crippen LogP) is 5.79. The van der Waals surface area contributed by atoms with E-state index >= 15 is 0 Å². The lowest BCUT2D eigenvalue weighted by Gasteiger charge is -2.30. The van der Waals surface area contributed by atoms with Crippen LogP contribution < -0.4 is 5.32 Å². The van der Waals surface area contributed by atoms with Crippen LogP contribution in [0.4, 0.5) is 0 Å². The Morgan fingerprint density at radius 2 is 1.45 bits per heavy atom. The van der Waals surface area contributed by atoms with Gasteiger partial charge < -0.3 is 10.2 Å². The number of benzene rings is 2. The molecule has 4 nitrogen and oxygen atoms in total. The third-order valence-electron chi connectivity index (χ3n) is 4.41. The van der Waals surface area contributed by atoms with Crippen LogP contribution in [-0.2, 0) is 22.6 Å². The molecule has 0 aromatic heterocycles. The number of hydrogen-bond donors (Lipinski definition) is 1. The number of nitrogens with one attached hydrogen (secondary N) is 1. The third kappa shape index (κ3) is 6.51. The molecule has 0 unspecified atom stereocenters. The summed E-state index contributed by atoms with van der Waals surface area (Å²) in [4.78, 5) is 27.3. The Balaban J connectivity index is 2.32. The molecule has 2 amide bonds. The maximum Gasteiger partial charge on any atom is 0.242 e. The lowest BCUT2D eigenvalue weighted by Crippen LogP contribution is -2.49. The Kier molecular flexibility index (Phi) is 9.09. The zero-order chi connectivity index (χ0) is 21.6. The molecule has 2 aromatic carbocycles. The van der Waals surface area contributed by atoms with Gasteiger partial charge in [0.05, 0.1) is 26.5 Å². The first kappa shape index (κ1) is 23.8. The number of hydrogen-bond acceptors (Lipinski definition) is 2. The zero-order valence-electron chi connectivity index (χ0n) is 16.1. The molecule has 0 spiro atoms. The molecular weight excluding hydrogens is 454 g/mol. The third-order valence-corrected chi connectivity index (χ3v) is 5.89. The highest BCUT2D eigenvalue weighted by Crippen LogP contribution is 2.25. The van der Waals surface area contributed by atoms with Crippen molar-refractivity contribution in [1.82, 2.24) is 10.2 Å². The second kappa shape index (κ2) is 11.1. The van der Waals surface area contributed by atoms with E-state index in [-0.39, 0.29) is 24.8 Å². The first-order chi connectivity index (χ1) is 13.8. The van der Waals surface area contributed by atoms with Gasteiger partial charge in [-0.25, -0.2) is 0 Å². The molecular formula is C21H22Cl4N2O2. The van der Waals surface area contributed by atoms with Crippen molar-refractivity contribution in [2.45, 2.75) is 39.3 Å². The van der Waals surface area contributed by atoms with Crippen molar-refractivity contribution in [3.05, 3.63) is 67.6 Å². The van der Waals surface area contributed by atoms with Crippen LogP contribution in [0.25, 0.3) is 0 Å². The average Bonchev–Trinajstić information content (AvgIpc) is 2.67. The van der Waals surface area contributed by atoms with E-state index in [4.69, 9.17) is 46.4 Å². The lowest BCUT2D eigenvalue weighted by atomic mass is 10.1. The van der Waals surface area contributed by atoms with Crippen LogP contribution in [0, 0.1) is 0 Å². The molecule has 0 saturated carbocycles. The number of nitrogens with zero attached hydrogens (tertiary/aromatic N) is 1. The van der Waals surface area contributed by atoms with Crippen LogP contribution in [0.3, 0.4) is 0 Å². The normalized spacial score (nSPS) is 11.8. The molecule has 0 aliphatic heterocycles. The van der Waals surface area contributed by atoms with Gasteiger partial charge in [0.1, 0.15) is 6.04 Å². The van der Waals surface area contributed by atoms with E-state index < -0.39 is 6.04 Å². The quantitative estimate of drug-likeness (QED) is 0.525. The molecule has 2 rings (SSSR count). The van der Waals surface area contributed by atoms with Crippen molar-refractivity contribution in [3.63, 3.8) is 0 Å². The number of carbonyl (C=O) groups is 2. The number of likely N-dealkylation sites (N-methyl/N-ethyl adjacent to an activating group) is 1. The van der Waals surface area contributed by atoms with Gasteiger partial charge >= 0.3 is 0 Å². The molecule has 156 valence electrons. The van der Waals surface area contributed by atoms with Crippen LogP contribution in [0.2, 0.25) is 20.1 Å². The molecule has 0 bridgehead atoms. The highest BCUT2D eigenvalue weighted by Gasteiger charge is 2.28. The first-order valence-electron chi connectivity index (χ1n) is 9.21. The lowest BCUT2D eigenvalue weighted by molar-refractivity contribution is -0.140. The predicted molar refractivity (Wildman–Crippen MR) is 120 cm³/mol. The Morgan fingerprint density at radius 1 is 0.897 bits per heavy atom. The number of amides is 2. The number of halogens is 4. The summed E-state index contributed by atoms with van der Waals surface area (Å²) in [6.45, 7) is 4.42. The highest BCUT2D eigenvalue weighted by molar-refractivity contribution is 6.42. The molecule has 0 heterocycles. The Labute approximate surface area is 191 Å². The minimum Gasteiger partial charge on any atom is -0.355 e. The van der Waals surface area contributed by atoms with Crippen molar-refractivity contribution in [2.75, 3.05) is 6.54 Å². The van der Waals surface area contributed by atoms with Crippen LogP contribution in [0.1, 0.15) is 31.4 Å². The minimum atomic E-state index is -0.611. The summed E-state index contributed by atoms with van der Waals surface area (Å²) in [5.41, 5.74) is 1.50. The van der Waals surface area contributed by atoms with Gasteiger partial charge in [-0.05, 0) is 48.7 Å². The number of rotatable bonds is 8. The molecule has 1 atom stereocenters. The van der Waals surface area contributed by atoms with E-state index in [0.29, 0.717) is 38.6 Å². The molecule has 0 fully saturated rings. The van der Waals surface area contributed by atoms with E-state index in [0.717, 1.165) is 5.56 Å². The van der Waals surface area contributed by atoms with E-state index in [1.54, 1.807) is 41.3 Å². The fraction of sp³-hybridized carbons (Fsp3) is 0.333. The molecule has 8 heteroatoms. The standard InChI is InChI=1S/C21H22Cl4N2O2/c1-3-19(21(29)26-4-2)27(12-14-6-8-16(23)18(25)10-14)20(28)11-13-5-7-15(22)17(24)9-13/h5-10,19H,3-4,11-12H2,1-2H3,(H,26,29)/t19-/m1/s1. The van der Waals surface area contributed by atoms with Crippen molar-refractivity contribution >= 4 is 58.2 Å². The summed E-state index contributed by atoms with van der Waals surface area (Å²) in [5.74, 6) is -0.398. The van der Waals surface area contributed by atoms with E-state index in [1.807, 2.05) is 13.8 Å². The summed E-state index contributed by atoms with van der Waals surface area (Å²) < 4.78 is 0. The second-order valence-electron chi connectivity index (χ2n) is 6.51. The largest absolute Gasteiger partial charge is 0.355 e. The van der Waals surface area contributed by atoms with Gasteiger partial charge in [-0.15, -0.1) is 0 Å². The summed E-state index contributed by atoms with van der Waals surface area (Å²) in [5, 5.41) is 4.43. The first-order valence-corrected chi connectivity index (χ1v) is 10.7. The molecule has 0 aliphatic carbocycles. The topological polar surface area (TPSA) is 49.4 Å². The van der Waals surface area contributed by atoms with Crippen molar-refractivity contribution in [2.24, 2.45) is 0 Å². The van der Waals surface area contributed by atoms with Gasteiger partial charge in [0.15, 0.2) is 0 Å². The monoisotopic (exact) mass is 474 g/mol. The van der Waals surface area contributed by atoms with Crippen molar-refractivity contribution < 1.29 is 9.59 Å². The maximum atomic E-state index is 13.2. The minimum absolute atomic E-state index is 0.0914. The van der Waals surface area contributed by atoms with Crippen LogP contribution in [0.15, 0.2) is 36.4 Å². The van der Waals surface area contributed by atoms with Crippen LogP contribution in [0.5, 0.6) is 0 Å². The molecule has 0 radical (unpaired) electrons. The molecule has 2 aromatic rings. The Morgan fingerprint density at radius 3 is 1.97 bits per heavy atom. The molecule has 29 heavy (non-hydrogen) atoms. The molecule has 0 aliphatic rings. The van der Waals surface area contributed by atoms with Crippen LogP contribution in [-0.4, -0.2) is 29.3 Å². The highest BCUT2D eigenvalue weighted by atomic mass is 35.5. The average molecular weight is 476 g/mol. The fourth-order valence-electron chi connectivity index (χ4n) is 2.97. The van der Waals surface area contributed by atoms with Gasteiger partial charge in [0, 0.05) is 13.1 Å². The SMILES string of the molecule is CCNC(=O)[C@@H](CC)N(Cc1ccc(Cl)c(Cl)c1)C(=O)Cc1ccc(Cl)c(Cl)c1. The van der Waals surface area contributed by atoms with E-state index in [9.17, 15) is 9.59 Å². The molecule has 0 saturated heterocycles. The Bertz CT molecular complexity index is 889. The zero-order valence-corrected chi connectivity index (χ0v) is 19.2. The van der Waals surface area contributed by atoms with Gasteiger partial charge in [-0.1, -0.05) is 65.5 Å². The van der Waals surface area contributed by atoms with Crippen LogP contribution >= 0.6 is 46.4 Å². The summed E-state index contributed by atoms with van der Waals surface area (Å²) in [7, 11) is 0. The van der Waals surface area contributed by atoms with Gasteiger partial charge in [0.25, 0.3) is 0 Å². The van der Waals surface area contributed by atoms with Gasteiger partial charge in [-0.3, -0.25) is 9.59 Å². The summed E-state index contributed by atoms with van der Waals surface area (Å²) in [6, 6.07) is 9.61. The number of carbonyl (C=O) groups excluding carboxylic acids is 2. The van der Waals surface area contributed by atoms with E-state index in [2.05, 4.69) is 5.32 Å². The second-order valence-corrected chi connectivity index (χ2v) is 8.14. The maximum absolute atomic E-state index is 13.2. The molecule has 1 N–H and O–H groups in total. The van der Waals surface area contributed by atoms with Gasteiger partial charge in [-0.2, -0.15) is 0 Å². The van der Waals surface area contributed by atoms with Crippen molar-refractivity contribution in [1.29, 1.82) is 0 Å².